The monoisotopic (exact) mass is 363 g/mol. The lowest BCUT2D eigenvalue weighted by Gasteiger charge is -2.19. The molecule has 1 fully saturated rings. The Morgan fingerprint density at radius 2 is 1.65 bits per heavy atom. The number of benzene rings is 1. The van der Waals surface area contributed by atoms with Gasteiger partial charge in [0.05, 0.1) is 16.8 Å². The molecular weight excluding hydrogens is 342 g/mol. The molecular formula is C17H21N3O6. The molecule has 3 rings (SSSR count). The van der Waals surface area contributed by atoms with Crippen molar-refractivity contribution in [3.8, 4) is 11.8 Å². The van der Waals surface area contributed by atoms with Gasteiger partial charge in [-0.15, -0.1) is 4.73 Å². The molecule has 0 radical (unpaired) electrons. The van der Waals surface area contributed by atoms with Gasteiger partial charge in [-0.2, -0.15) is 0 Å². The van der Waals surface area contributed by atoms with Crippen molar-refractivity contribution in [1.82, 2.24) is 14.9 Å². The third kappa shape index (κ3) is 3.19. The standard InChI is InChI=1S/C17H21N3O6/c1-9-14(19(9)15(23)18-16(24)25-17(2,3)4)26-20-12(21)10-7-5-6-8-11(10)13(20)22/h5-9,14,21-22H,1-4H3,(H,18,23,24)/t9-,14-,19?/m0/s1. The first kappa shape index (κ1) is 17.7. The van der Waals surface area contributed by atoms with Crippen LogP contribution in [0.5, 0.6) is 11.8 Å². The third-order valence-corrected chi connectivity index (χ3v) is 3.89. The van der Waals surface area contributed by atoms with Crippen LogP contribution in [0.4, 0.5) is 9.59 Å². The molecule has 3 N–H and O–H groups in total. The number of carbonyl (C=O) groups excluding carboxylic acids is 2. The van der Waals surface area contributed by atoms with Crippen molar-refractivity contribution in [3.63, 3.8) is 0 Å². The molecule has 1 saturated heterocycles. The average Bonchev–Trinajstić information content (AvgIpc) is 3.11. The largest absolute Gasteiger partial charge is 0.492 e. The van der Waals surface area contributed by atoms with E-state index in [4.69, 9.17) is 9.57 Å². The van der Waals surface area contributed by atoms with Crippen LogP contribution in [0.25, 0.3) is 10.8 Å². The molecule has 2 aromatic rings. The van der Waals surface area contributed by atoms with Gasteiger partial charge in [0.15, 0.2) is 0 Å². The van der Waals surface area contributed by atoms with Crippen molar-refractivity contribution in [1.29, 1.82) is 0 Å². The summed E-state index contributed by atoms with van der Waals surface area (Å²) < 4.78 is 5.90. The number of urea groups is 1. The molecule has 1 aliphatic heterocycles. The van der Waals surface area contributed by atoms with Crippen LogP contribution in [0.3, 0.4) is 0 Å². The lowest BCUT2D eigenvalue weighted by atomic mass is 10.2. The van der Waals surface area contributed by atoms with Crippen molar-refractivity contribution in [3.05, 3.63) is 24.3 Å². The Balaban J connectivity index is 1.69. The number of fused-ring (bicyclic) bond motifs is 1. The number of ether oxygens (including phenoxy) is 1. The molecule has 0 saturated carbocycles. The maximum atomic E-state index is 12.2. The molecule has 1 aliphatic rings. The summed E-state index contributed by atoms with van der Waals surface area (Å²) in [6.45, 7) is 6.76. The fourth-order valence-corrected chi connectivity index (χ4v) is 2.62. The summed E-state index contributed by atoms with van der Waals surface area (Å²) in [5.74, 6) is -0.547. The molecule has 9 nitrogen and oxygen atoms in total. The quantitative estimate of drug-likeness (QED) is 0.705. The molecule has 0 aliphatic carbocycles. The lowest BCUT2D eigenvalue weighted by Crippen LogP contribution is -2.40. The zero-order valence-corrected chi connectivity index (χ0v) is 14.9. The Morgan fingerprint density at radius 3 is 2.15 bits per heavy atom. The van der Waals surface area contributed by atoms with Crippen molar-refractivity contribution in [2.24, 2.45) is 0 Å². The fraction of sp³-hybridized carbons (Fsp3) is 0.412. The van der Waals surface area contributed by atoms with E-state index in [1.807, 2.05) is 0 Å². The van der Waals surface area contributed by atoms with Crippen LogP contribution in [-0.4, -0.2) is 49.8 Å². The highest BCUT2D eigenvalue weighted by Crippen LogP contribution is 2.37. The number of alkyl carbamates (subject to hydrolysis) is 1. The summed E-state index contributed by atoms with van der Waals surface area (Å²) in [5.41, 5.74) is -0.729. The molecule has 3 amide bonds. The number of carbonyl (C=O) groups is 2. The number of nitrogens with zero attached hydrogens (tertiary/aromatic N) is 2. The number of aromatic nitrogens is 1. The second-order valence-electron chi connectivity index (χ2n) is 7.06. The molecule has 0 spiro atoms. The predicted octanol–water partition coefficient (Wildman–Crippen LogP) is 2.16. The summed E-state index contributed by atoms with van der Waals surface area (Å²) in [7, 11) is 0. The SMILES string of the molecule is C[C@H]1[C@H](On2c(O)c3ccccc3c2O)N1C(=O)NC(=O)OC(C)(C)C. The maximum absolute atomic E-state index is 12.2. The van der Waals surface area contributed by atoms with Gasteiger partial charge in [0, 0.05) is 0 Å². The average molecular weight is 363 g/mol. The van der Waals surface area contributed by atoms with Crippen LogP contribution in [0.15, 0.2) is 24.3 Å². The zero-order valence-electron chi connectivity index (χ0n) is 14.9. The van der Waals surface area contributed by atoms with Gasteiger partial charge in [-0.3, -0.25) is 4.90 Å². The van der Waals surface area contributed by atoms with Gasteiger partial charge >= 0.3 is 12.1 Å². The van der Waals surface area contributed by atoms with Crippen molar-refractivity contribution in [2.45, 2.75) is 45.6 Å². The minimum absolute atomic E-state index is 0.273. The molecule has 140 valence electrons. The summed E-state index contributed by atoms with van der Waals surface area (Å²) in [6.07, 6.45) is -1.62. The number of nitrogens with one attached hydrogen (secondary N) is 1. The van der Waals surface area contributed by atoms with Crippen LogP contribution in [0.2, 0.25) is 0 Å². The van der Waals surface area contributed by atoms with Gasteiger partial charge in [0.25, 0.3) is 0 Å². The van der Waals surface area contributed by atoms with Crippen molar-refractivity contribution in [2.75, 3.05) is 0 Å². The maximum Gasteiger partial charge on any atom is 0.415 e. The van der Waals surface area contributed by atoms with Gasteiger partial charge in [0.1, 0.15) is 5.60 Å². The molecule has 0 unspecified atom stereocenters. The van der Waals surface area contributed by atoms with E-state index in [0.717, 1.165) is 4.73 Å². The van der Waals surface area contributed by atoms with E-state index in [9.17, 15) is 19.8 Å². The topological polar surface area (TPSA) is 113 Å². The van der Waals surface area contributed by atoms with Gasteiger partial charge in [-0.1, -0.05) is 12.1 Å². The molecule has 26 heavy (non-hydrogen) atoms. The van der Waals surface area contributed by atoms with Crippen LogP contribution in [0, 0.1) is 0 Å². The Morgan fingerprint density at radius 1 is 1.12 bits per heavy atom. The van der Waals surface area contributed by atoms with E-state index in [-0.39, 0.29) is 17.8 Å². The van der Waals surface area contributed by atoms with Gasteiger partial charge in [-0.05, 0) is 39.8 Å². The third-order valence-electron chi connectivity index (χ3n) is 3.89. The molecule has 0 bridgehead atoms. The lowest BCUT2D eigenvalue weighted by molar-refractivity contribution is 0.0405. The van der Waals surface area contributed by atoms with Crippen molar-refractivity contribution < 1.29 is 29.4 Å². The second-order valence-corrected chi connectivity index (χ2v) is 7.06. The van der Waals surface area contributed by atoms with Gasteiger partial charge in [-0.25, -0.2) is 14.9 Å². The van der Waals surface area contributed by atoms with Crippen LogP contribution in [-0.2, 0) is 4.74 Å². The minimum Gasteiger partial charge on any atom is -0.492 e. The van der Waals surface area contributed by atoms with Gasteiger partial charge in [0.2, 0.25) is 18.0 Å². The van der Waals surface area contributed by atoms with E-state index in [2.05, 4.69) is 5.32 Å². The van der Waals surface area contributed by atoms with E-state index in [1.54, 1.807) is 52.0 Å². The number of hydrogen-bond donors (Lipinski definition) is 3. The number of aromatic hydroxyl groups is 2. The Kier molecular flexibility index (Phi) is 4.09. The molecule has 9 heteroatoms. The number of hydrogen-bond acceptors (Lipinski definition) is 6. The smallest absolute Gasteiger partial charge is 0.415 e. The Hall–Kier alpha value is -3.10. The highest BCUT2D eigenvalue weighted by Gasteiger charge is 2.52. The summed E-state index contributed by atoms with van der Waals surface area (Å²) in [6, 6.07) is 5.65. The number of rotatable bonds is 2. The Bertz CT molecular complexity index is 830. The first-order valence-corrected chi connectivity index (χ1v) is 8.11. The fourth-order valence-electron chi connectivity index (χ4n) is 2.62. The molecule has 2 heterocycles. The summed E-state index contributed by atoms with van der Waals surface area (Å²) in [4.78, 5) is 30.6. The second kappa shape index (κ2) is 6.01. The van der Waals surface area contributed by atoms with Crippen LogP contribution >= 0.6 is 0 Å². The van der Waals surface area contributed by atoms with E-state index in [0.29, 0.717) is 10.8 Å². The van der Waals surface area contributed by atoms with E-state index in [1.165, 1.54) is 4.90 Å². The van der Waals surface area contributed by atoms with E-state index < -0.39 is 24.0 Å². The zero-order chi connectivity index (χ0) is 19.2. The van der Waals surface area contributed by atoms with Crippen LogP contribution in [0.1, 0.15) is 27.7 Å². The number of imide groups is 1. The van der Waals surface area contributed by atoms with Gasteiger partial charge < -0.3 is 19.8 Å². The minimum atomic E-state index is -0.863. The highest BCUT2D eigenvalue weighted by molar-refractivity contribution is 5.93. The summed E-state index contributed by atoms with van der Waals surface area (Å²) >= 11 is 0. The highest BCUT2D eigenvalue weighted by atomic mass is 16.7. The molecule has 1 aromatic heterocycles. The first-order chi connectivity index (χ1) is 12.1. The first-order valence-electron chi connectivity index (χ1n) is 8.11. The molecule has 2 atom stereocenters. The van der Waals surface area contributed by atoms with E-state index >= 15 is 0 Å². The van der Waals surface area contributed by atoms with Crippen molar-refractivity contribution >= 4 is 22.9 Å². The number of amides is 3. The normalized spacial score (nSPS) is 19.3. The Labute approximate surface area is 149 Å². The predicted molar refractivity (Wildman–Crippen MR) is 91.7 cm³/mol. The molecule has 1 aromatic carbocycles. The summed E-state index contributed by atoms with van der Waals surface area (Å²) in [5, 5.41) is 23.4. The van der Waals surface area contributed by atoms with Crippen LogP contribution < -0.4 is 10.2 Å².